The second-order valence-corrected chi connectivity index (χ2v) is 8.68. The molecule has 0 saturated heterocycles. The molecule has 4 fully saturated rings. The normalized spacial score (nSPS) is 33.8. The fourth-order valence-electron chi connectivity index (χ4n) is 5.46. The van der Waals surface area contributed by atoms with E-state index in [2.05, 4.69) is 10.3 Å². The summed E-state index contributed by atoms with van der Waals surface area (Å²) in [6.45, 7) is 0. The number of carbonyl (C=O) groups excluding carboxylic acids is 1. The SMILES string of the molecule is O=C(Cc1csc(-c2ccco2)n1)NC1C2CC3CC(C2)CC1C3. The summed E-state index contributed by atoms with van der Waals surface area (Å²) >= 11 is 1.53. The van der Waals surface area contributed by atoms with Crippen molar-refractivity contribution in [3.8, 4) is 10.8 Å². The number of aromatic nitrogens is 1. The van der Waals surface area contributed by atoms with Crippen LogP contribution >= 0.6 is 11.3 Å². The number of nitrogens with one attached hydrogen (secondary N) is 1. The molecule has 6 rings (SSSR count). The average Bonchev–Trinajstić information content (AvgIpc) is 3.21. The number of thiazole rings is 1. The zero-order valence-electron chi connectivity index (χ0n) is 13.6. The summed E-state index contributed by atoms with van der Waals surface area (Å²) in [4.78, 5) is 17.1. The zero-order valence-corrected chi connectivity index (χ0v) is 14.4. The first-order valence-corrected chi connectivity index (χ1v) is 9.90. The number of hydrogen-bond acceptors (Lipinski definition) is 4. The lowest BCUT2D eigenvalue weighted by atomic mass is 9.54. The number of rotatable bonds is 4. The maximum atomic E-state index is 12.5. The molecule has 126 valence electrons. The summed E-state index contributed by atoms with van der Waals surface area (Å²) in [5, 5.41) is 6.17. The highest BCUT2D eigenvalue weighted by atomic mass is 32.1. The summed E-state index contributed by atoms with van der Waals surface area (Å²) in [5.41, 5.74) is 0.840. The van der Waals surface area contributed by atoms with Crippen LogP contribution in [0.15, 0.2) is 28.2 Å². The Hall–Kier alpha value is -1.62. The highest BCUT2D eigenvalue weighted by Gasteiger charge is 2.48. The highest BCUT2D eigenvalue weighted by molar-refractivity contribution is 7.13. The number of carbonyl (C=O) groups is 1. The minimum absolute atomic E-state index is 0.128. The first kappa shape index (κ1) is 14.7. The standard InChI is InChI=1S/C19H22N2O2S/c22-17(9-15-10-24-19(20-15)16-2-1-3-23-16)21-18-13-5-11-4-12(7-13)8-14(18)6-11/h1-3,10-14,18H,4-9H2,(H,21,22). The van der Waals surface area contributed by atoms with E-state index in [9.17, 15) is 4.79 Å². The van der Waals surface area contributed by atoms with Crippen molar-refractivity contribution in [3.05, 3.63) is 29.5 Å². The van der Waals surface area contributed by atoms with E-state index in [0.717, 1.165) is 40.1 Å². The number of nitrogens with zero attached hydrogens (tertiary/aromatic N) is 1. The quantitative estimate of drug-likeness (QED) is 0.917. The van der Waals surface area contributed by atoms with Gasteiger partial charge in [0.25, 0.3) is 0 Å². The molecule has 2 aromatic rings. The molecule has 1 amide bonds. The van der Waals surface area contributed by atoms with Gasteiger partial charge in [0.05, 0.1) is 18.4 Å². The summed E-state index contributed by atoms with van der Waals surface area (Å²) in [5.74, 6) is 4.22. The second kappa shape index (κ2) is 5.73. The van der Waals surface area contributed by atoms with Crippen molar-refractivity contribution in [1.82, 2.24) is 10.3 Å². The van der Waals surface area contributed by atoms with Crippen LogP contribution in [-0.4, -0.2) is 16.9 Å². The fourth-order valence-corrected chi connectivity index (χ4v) is 6.25. The Morgan fingerprint density at radius 1 is 1.21 bits per heavy atom. The number of hydrogen-bond donors (Lipinski definition) is 1. The third-order valence-corrected chi connectivity index (χ3v) is 7.09. The van der Waals surface area contributed by atoms with Gasteiger partial charge in [0.2, 0.25) is 5.91 Å². The van der Waals surface area contributed by atoms with Gasteiger partial charge < -0.3 is 9.73 Å². The number of furan rings is 1. The smallest absolute Gasteiger partial charge is 0.226 e. The van der Waals surface area contributed by atoms with Crippen LogP contribution in [0, 0.1) is 23.7 Å². The van der Waals surface area contributed by atoms with E-state index in [1.165, 1.54) is 43.4 Å². The van der Waals surface area contributed by atoms with E-state index in [0.29, 0.717) is 12.5 Å². The van der Waals surface area contributed by atoms with Gasteiger partial charge >= 0.3 is 0 Å². The van der Waals surface area contributed by atoms with Crippen molar-refractivity contribution in [3.63, 3.8) is 0 Å². The van der Waals surface area contributed by atoms with Crippen LogP contribution in [0.2, 0.25) is 0 Å². The Bertz CT molecular complexity index is 708. The highest BCUT2D eigenvalue weighted by Crippen LogP contribution is 2.53. The minimum atomic E-state index is 0.128. The van der Waals surface area contributed by atoms with E-state index < -0.39 is 0 Å². The van der Waals surface area contributed by atoms with Crippen LogP contribution in [0.1, 0.15) is 37.8 Å². The zero-order chi connectivity index (χ0) is 16.1. The van der Waals surface area contributed by atoms with E-state index in [1.807, 2.05) is 17.5 Å². The molecule has 4 aliphatic carbocycles. The maximum absolute atomic E-state index is 12.5. The van der Waals surface area contributed by atoms with Crippen LogP contribution in [0.4, 0.5) is 0 Å². The molecule has 4 nitrogen and oxygen atoms in total. The third-order valence-electron chi connectivity index (χ3n) is 6.18. The molecule has 4 saturated carbocycles. The van der Waals surface area contributed by atoms with Gasteiger partial charge in [-0.25, -0.2) is 4.98 Å². The van der Waals surface area contributed by atoms with Crippen LogP contribution < -0.4 is 5.32 Å². The van der Waals surface area contributed by atoms with Crippen LogP contribution in [-0.2, 0) is 11.2 Å². The van der Waals surface area contributed by atoms with E-state index in [-0.39, 0.29) is 5.91 Å². The Labute approximate surface area is 145 Å². The molecule has 2 aromatic heterocycles. The predicted molar refractivity (Wildman–Crippen MR) is 92.5 cm³/mol. The molecule has 1 N–H and O–H groups in total. The molecule has 5 heteroatoms. The van der Waals surface area contributed by atoms with Crippen molar-refractivity contribution in [2.24, 2.45) is 23.7 Å². The van der Waals surface area contributed by atoms with Crippen molar-refractivity contribution in [2.75, 3.05) is 0 Å². The molecule has 4 bridgehead atoms. The molecule has 0 aromatic carbocycles. The Morgan fingerprint density at radius 3 is 2.62 bits per heavy atom. The Morgan fingerprint density at radius 2 is 1.96 bits per heavy atom. The fraction of sp³-hybridized carbons (Fsp3) is 0.579. The minimum Gasteiger partial charge on any atom is -0.462 e. The van der Waals surface area contributed by atoms with E-state index in [1.54, 1.807) is 6.26 Å². The lowest BCUT2D eigenvalue weighted by molar-refractivity contribution is -0.124. The van der Waals surface area contributed by atoms with Crippen molar-refractivity contribution in [2.45, 2.75) is 44.6 Å². The van der Waals surface area contributed by atoms with Gasteiger partial charge in [0.15, 0.2) is 10.8 Å². The maximum Gasteiger partial charge on any atom is 0.226 e. The monoisotopic (exact) mass is 342 g/mol. The molecule has 0 aliphatic heterocycles. The van der Waals surface area contributed by atoms with Crippen LogP contribution in [0.5, 0.6) is 0 Å². The molecule has 4 aliphatic rings. The summed E-state index contributed by atoms with van der Waals surface area (Å²) in [7, 11) is 0. The molecule has 2 heterocycles. The van der Waals surface area contributed by atoms with E-state index >= 15 is 0 Å². The summed E-state index contributed by atoms with van der Waals surface area (Å²) in [6, 6.07) is 4.17. The molecule has 24 heavy (non-hydrogen) atoms. The van der Waals surface area contributed by atoms with Gasteiger partial charge in [0, 0.05) is 11.4 Å². The van der Waals surface area contributed by atoms with Gasteiger partial charge in [0.1, 0.15) is 0 Å². The van der Waals surface area contributed by atoms with E-state index in [4.69, 9.17) is 4.42 Å². The lowest BCUT2D eigenvalue weighted by Gasteiger charge is -2.54. The molecular weight excluding hydrogens is 320 g/mol. The van der Waals surface area contributed by atoms with Gasteiger partial charge in [-0.15, -0.1) is 11.3 Å². The first-order valence-electron chi connectivity index (χ1n) is 9.02. The average molecular weight is 342 g/mol. The molecule has 0 atom stereocenters. The summed E-state index contributed by atoms with van der Waals surface area (Å²) < 4.78 is 5.37. The van der Waals surface area contributed by atoms with Crippen molar-refractivity contribution >= 4 is 17.2 Å². The molecule has 0 radical (unpaired) electrons. The number of amides is 1. The second-order valence-electron chi connectivity index (χ2n) is 7.82. The van der Waals surface area contributed by atoms with Crippen LogP contribution in [0.25, 0.3) is 10.8 Å². The van der Waals surface area contributed by atoms with Gasteiger partial charge in [-0.05, 0) is 67.9 Å². The molecule has 0 unspecified atom stereocenters. The first-order chi connectivity index (χ1) is 11.7. The Kier molecular flexibility index (Phi) is 3.51. The summed E-state index contributed by atoms with van der Waals surface area (Å²) in [6.07, 6.45) is 8.79. The largest absolute Gasteiger partial charge is 0.462 e. The van der Waals surface area contributed by atoms with Crippen molar-refractivity contribution in [1.29, 1.82) is 0 Å². The molecular formula is C19H22N2O2S. The lowest BCUT2D eigenvalue weighted by Crippen LogP contribution is -2.56. The Balaban J connectivity index is 1.23. The molecule has 0 spiro atoms. The van der Waals surface area contributed by atoms with Crippen molar-refractivity contribution < 1.29 is 9.21 Å². The van der Waals surface area contributed by atoms with Gasteiger partial charge in [-0.3, -0.25) is 4.79 Å². The van der Waals surface area contributed by atoms with Gasteiger partial charge in [-0.1, -0.05) is 0 Å². The third kappa shape index (κ3) is 2.59. The predicted octanol–water partition coefficient (Wildman–Crippen LogP) is 3.89. The van der Waals surface area contributed by atoms with Crippen LogP contribution in [0.3, 0.4) is 0 Å². The topological polar surface area (TPSA) is 55.1 Å². The van der Waals surface area contributed by atoms with Gasteiger partial charge in [-0.2, -0.15) is 0 Å².